The first kappa shape index (κ1) is 12.2. The van der Waals surface area contributed by atoms with E-state index >= 15 is 0 Å². The number of carbonyl (C=O) groups is 1. The number of nitrogens with zero attached hydrogens (tertiary/aromatic N) is 3. The number of rotatable bonds is 2. The van der Waals surface area contributed by atoms with Gasteiger partial charge in [0.2, 0.25) is 0 Å². The minimum absolute atomic E-state index is 0.275. The van der Waals surface area contributed by atoms with E-state index in [1.807, 2.05) is 19.1 Å². The van der Waals surface area contributed by atoms with Gasteiger partial charge in [0.25, 0.3) is 0 Å². The third kappa shape index (κ3) is 1.78. The molecule has 20 heavy (non-hydrogen) atoms. The second kappa shape index (κ2) is 4.34. The summed E-state index contributed by atoms with van der Waals surface area (Å²) in [5, 5.41) is 13.0. The quantitative estimate of drug-likeness (QED) is 0.679. The average Bonchev–Trinajstić information content (AvgIpc) is 2.81. The van der Waals surface area contributed by atoms with Crippen molar-refractivity contribution in [2.24, 2.45) is 0 Å². The number of hydrogen-bond donors (Lipinski definition) is 2. The number of nitrogens with one attached hydrogen (secondary N) is 1. The van der Waals surface area contributed by atoms with Gasteiger partial charge in [0.05, 0.1) is 5.52 Å². The summed E-state index contributed by atoms with van der Waals surface area (Å²) in [7, 11) is 0. The van der Waals surface area contributed by atoms with Gasteiger partial charge in [-0.3, -0.25) is 0 Å². The predicted octanol–water partition coefficient (Wildman–Crippen LogP) is 1.19. The van der Waals surface area contributed by atoms with Crippen molar-refractivity contribution in [3.05, 3.63) is 34.2 Å². The summed E-state index contributed by atoms with van der Waals surface area (Å²) in [6, 6.07) is 5.12. The summed E-state index contributed by atoms with van der Waals surface area (Å²) in [6.45, 7) is 1.97. The fourth-order valence-electron chi connectivity index (χ4n) is 2.15. The minimum atomic E-state index is -1.53. The Bertz CT molecular complexity index is 880. The van der Waals surface area contributed by atoms with E-state index in [2.05, 4.69) is 19.8 Å². The highest BCUT2D eigenvalue weighted by Gasteiger charge is 2.15. The van der Waals surface area contributed by atoms with Crippen LogP contribution in [0.2, 0.25) is 0 Å². The molecule has 3 rings (SSSR count). The molecule has 8 nitrogen and oxygen atoms in total. The van der Waals surface area contributed by atoms with Crippen molar-refractivity contribution in [1.82, 2.24) is 19.6 Å². The van der Waals surface area contributed by atoms with Gasteiger partial charge in [-0.15, -0.1) is 5.10 Å². The van der Waals surface area contributed by atoms with Gasteiger partial charge in [0, 0.05) is 5.39 Å². The first-order chi connectivity index (χ1) is 9.60. The average molecular weight is 274 g/mol. The van der Waals surface area contributed by atoms with Gasteiger partial charge in [0.15, 0.2) is 5.65 Å². The lowest BCUT2D eigenvalue weighted by atomic mass is 10.1. The first-order valence-corrected chi connectivity index (χ1v) is 5.91. The molecule has 0 radical (unpaired) electrons. The van der Waals surface area contributed by atoms with Crippen molar-refractivity contribution in [2.75, 3.05) is 0 Å². The van der Waals surface area contributed by atoms with Crippen LogP contribution in [0.1, 0.15) is 12.5 Å². The molecule has 0 fully saturated rings. The Hall–Kier alpha value is -2.90. The number of aromatic amines is 1. The van der Waals surface area contributed by atoms with E-state index in [0.717, 1.165) is 21.9 Å². The molecule has 0 unspecified atom stereocenters. The molecule has 0 aliphatic rings. The van der Waals surface area contributed by atoms with E-state index in [-0.39, 0.29) is 11.7 Å². The highest BCUT2D eigenvalue weighted by molar-refractivity contribution is 5.94. The standard InChI is InChI=1S/C12H10N4O4/c1-2-6-4-3-5-7-8(6)9-14-10(20-12(18)19)15-16(9)11(17)13-7/h3-5H,2H2,1H3,(H,13,17)(H,18,19). The lowest BCUT2D eigenvalue weighted by Gasteiger charge is -2.04. The van der Waals surface area contributed by atoms with Crippen LogP contribution in [-0.2, 0) is 6.42 Å². The highest BCUT2D eigenvalue weighted by atomic mass is 16.7. The van der Waals surface area contributed by atoms with Gasteiger partial charge in [-0.2, -0.15) is 9.50 Å². The third-order valence-electron chi connectivity index (χ3n) is 2.96. The minimum Gasteiger partial charge on any atom is -0.449 e. The summed E-state index contributed by atoms with van der Waals surface area (Å²) in [4.78, 5) is 29.1. The Balaban J connectivity index is 2.41. The predicted molar refractivity (Wildman–Crippen MR) is 69.1 cm³/mol. The van der Waals surface area contributed by atoms with Crippen LogP contribution in [0.4, 0.5) is 4.79 Å². The Morgan fingerprint density at radius 1 is 1.50 bits per heavy atom. The van der Waals surface area contributed by atoms with E-state index in [9.17, 15) is 9.59 Å². The van der Waals surface area contributed by atoms with Crippen LogP contribution in [0.3, 0.4) is 0 Å². The lowest BCUT2D eigenvalue weighted by molar-refractivity contribution is 0.140. The van der Waals surface area contributed by atoms with Crippen molar-refractivity contribution in [3.8, 4) is 6.01 Å². The molecule has 2 aromatic heterocycles. The van der Waals surface area contributed by atoms with Crippen LogP contribution >= 0.6 is 0 Å². The van der Waals surface area contributed by atoms with Crippen LogP contribution in [-0.4, -0.2) is 30.8 Å². The summed E-state index contributed by atoms with van der Waals surface area (Å²) in [5.74, 6) is 0. The number of carboxylic acid groups (broad SMARTS) is 1. The molecule has 3 aromatic rings. The van der Waals surface area contributed by atoms with Crippen molar-refractivity contribution < 1.29 is 14.6 Å². The molecular formula is C12H10N4O4. The number of aryl methyl sites for hydroxylation is 1. The Kier molecular flexibility index (Phi) is 2.63. The number of aromatic nitrogens is 4. The van der Waals surface area contributed by atoms with Crippen molar-refractivity contribution in [3.63, 3.8) is 0 Å². The van der Waals surface area contributed by atoms with Gasteiger partial charge in [-0.25, -0.2) is 9.59 Å². The maximum absolute atomic E-state index is 11.9. The molecule has 0 atom stereocenters. The smallest absolute Gasteiger partial charge is 0.449 e. The molecule has 0 aliphatic carbocycles. The third-order valence-corrected chi connectivity index (χ3v) is 2.96. The van der Waals surface area contributed by atoms with Crippen molar-refractivity contribution in [2.45, 2.75) is 13.3 Å². The fraction of sp³-hybridized carbons (Fsp3) is 0.167. The number of H-pyrrole nitrogens is 1. The largest absolute Gasteiger partial charge is 0.513 e. The molecule has 0 bridgehead atoms. The molecule has 0 spiro atoms. The summed E-state index contributed by atoms with van der Waals surface area (Å²) in [6.07, 6.45) is -0.793. The Morgan fingerprint density at radius 2 is 2.30 bits per heavy atom. The van der Waals surface area contributed by atoms with E-state index in [0.29, 0.717) is 5.52 Å². The molecule has 2 heterocycles. The molecule has 0 saturated heterocycles. The van der Waals surface area contributed by atoms with Gasteiger partial charge in [0.1, 0.15) is 0 Å². The SMILES string of the molecule is CCc1cccc2[nH]c(=O)n3nc(OC(=O)O)nc3c12. The van der Waals surface area contributed by atoms with Gasteiger partial charge >= 0.3 is 17.9 Å². The number of fused-ring (bicyclic) bond motifs is 3. The molecule has 102 valence electrons. The first-order valence-electron chi connectivity index (χ1n) is 5.91. The van der Waals surface area contributed by atoms with E-state index in [1.54, 1.807) is 6.07 Å². The topological polar surface area (TPSA) is 110 Å². The maximum atomic E-state index is 11.9. The van der Waals surface area contributed by atoms with Crippen molar-refractivity contribution in [1.29, 1.82) is 0 Å². The van der Waals surface area contributed by atoms with E-state index in [4.69, 9.17) is 5.11 Å². The fourth-order valence-corrected chi connectivity index (χ4v) is 2.15. The van der Waals surface area contributed by atoms with Gasteiger partial charge in [-0.1, -0.05) is 19.1 Å². The number of benzene rings is 1. The van der Waals surface area contributed by atoms with Crippen LogP contribution in [0.5, 0.6) is 6.01 Å². The monoisotopic (exact) mass is 274 g/mol. The molecule has 8 heteroatoms. The number of ether oxygens (including phenoxy) is 1. The Morgan fingerprint density at radius 3 is 3.00 bits per heavy atom. The number of hydrogen-bond acceptors (Lipinski definition) is 5. The Labute approximate surface area is 111 Å². The van der Waals surface area contributed by atoms with E-state index in [1.165, 1.54) is 0 Å². The molecule has 0 amide bonds. The molecule has 2 N–H and O–H groups in total. The van der Waals surface area contributed by atoms with Crippen molar-refractivity contribution >= 4 is 22.7 Å². The second-order valence-corrected chi connectivity index (χ2v) is 4.12. The van der Waals surface area contributed by atoms with Gasteiger partial charge < -0.3 is 14.8 Å². The summed E-state index contributed by atoms with van der Waals surface area (Å²) in [5.41, 5.74) is 1.36. The second-order valence-electron chi connectivity index (χ2n) is 4.12. The van der Waals surface area contributed by atoms with Gasteiger partial charge in [-0.05, 0) is 18.1 Å². The van der Waals surface area contributed by atoms with Crippen LogP contribution in [0.15, 0.2) is 23.0 Å². The maximum Gasteiger partial charge on any atom is 0.513 e. The normalized spacial score (nSPS) is 11.1. The van der Waals surface area contributed by atoms with E-state index < -0.39 is 11.8 Å². The molecule has 1 aromatic carbocycles. The molecule has 0 aliphatic heterocycles. The summed E-state index contributed by atoms with van der Waals surface area (Å²) >= 11 is 0. The molecule has 0 saturated carbocycles. The van der Waals surface area contributed by atoms with Crippen LogP contribution in [0, 0.1) is 0 Å². The zero-order valence-corrected chi connectivity index (χ0v) is 10.5. The zero-order chi connectivity index (χ0) is 14.3. The highest BCUT2D eigenvalue weighted by Crippen LogP contribution is 2.21. The molecular weight excluding hydrogens is 264 g/mol. The van der Waals surface area contributed by atoms with Crippen LogP contribution < -0.4 is 10.4 Å². The summed E-state index contributed by atoms with van der Waals surface area (Å²) < 4.78 is 5.40. The zero-order valence-electron chi connectivity index (χ0n) is 10.5. The lowest BCUT2D eigenvalue weighted by Crippen LogP contribution is -2.18. The van der Waals surface area contributed by atoms with Crippen LogP contribution in [0.25, 0.3) is 16.6 Å².